The Morgan fingerprint density at radius 2 is 1.60 bits per heavy atom. The fourth-order valence-corrected chi connectivity index (χ4v) is 5.48. The van der Waals surface area contributed by atoms with E-state index in [9.17, 15) is 22.8 Å². The minimum Gasteiger partial charge on any atom is -0.449 e. The van der Waals surface area contributed by atoms with Crippen LogP contribution in [0.2, 0.25) is 5.02 Å². The Hall–Kier alpha value is -4.08. The van der Waals surface area contributed by atoms with Gasteiger partial charge in [-0.05, 0) is 77.8 Å². The number of aryl methyl sites for hydroxylation is 1. The van der Waals surface area contributed by atoms with Crippen LogP contribution in [0.5, 0.6) is 17.2 Å². The zero-order valence-electron chi connectivity index (χ0n) is 28.2. The lowest BCUT2D eigenvalue weighted by molar-refractivity contribution is -0.154. The summed E-state index contributed by atoms with van der Waals surface area (Å²) in [6.45, 7) is 15.2. The molecule has 6 nitrogen and oxygen atoms in total. The van der Waals surface area contributed by atoms with Crippen molar-refractivity contribution in [3.63, 3.8) is 0 Å². The smallest absolute Gasteiger partial charge is 0.449 e. The number of hydrogen-bond acceptors (Lipinski definition) is 6. The third kappa shape index (κ3) is 9.29. The van der Waals surface area contributed by atoms with Crippen molar-refractivity contribution in [1.82, 2.24) is 4.90 Å². The van der Waals surface area contributed by atoms with Gasteiger partial charge in [-0.25, -0.2) is 4.79 Å². The molecule has 3 aromatic carbocycles. The topological polar surface area (TPSA) is 69.0 Å². The summed E-state index contributed by atoms with van der Waals surface area (Å²) in [7, 11) is 0. The highest BCUT2D eigenvalue weighted by Crippen LogP contribution is 2.41. The zero-order chi connectivity index (χ0) is 35.3. The molecule has 256 valence electrons. The highest BCUT2D eigenvalue weighted by molar-refractivity contribution is 6.31. The van der Waals surface area contributed by atoms with Gasteiger partial charge in [0.25, 0.3) is 5.76 Å². The van der Waals surface area contributed by atoms with Crippen LogP contribution in [0.25, 0.3) is 17.0 Å². The molecule has 4 aromatic rings. The van der Waals surface area contributed by atoms with Crippen LogP contribution in [0.15, 0.2) is 69.9 Å². The molecule has 0 saturated carbocycles. The van der Waals surface area contributed by atoms with Crippen LogP contribution in [0.1, 0.15) is 75.5 Å². The fourth-order valence-electron chi connectivity index (χ4n) is 5.36. The van der Waals surface area contributed by atoms with Crippen molar-refractivity contribution in [3.8, 4) is 17.2 Å². The number of halogens is 4. The summed E-state index contributed by atoms with van der Waals surface area (Å²) in [5.74, 6) is -2.56. The lowest BCUT2D eigenvalue weighted by Crippen LogP contribution is -2.31. The Balaban J connectivity index is 1.84. The van der Waals surface area contributed by atoms with Gasteiger partial charge in [-0.1, -0.05) is 77.4 Å². The van der Waals surface area contributed by atoms with E-state index in [0.29, 0.717) is 29.6 Å². The number of ether oxygens (including phenoxy) is 2. The van der Waals surface area contributed by atoms with Crippen molar-refractivity contribution in [1.29, 1.82) is 0 Å². The first-order valence-corrected chi connectivity index (χ1v) is 16.3. The van der Waals surface area contributed by atoms with Crippen LogP contribution in [0.3, 0.4) is 0 Å². The number of benzene rings is 3. The van der Waals surface area contributed by atoms with E-state index in [2.05, 4.69) is 13.8 Å². The largest absolute Gasteiger partial charge is 0.453 e. The van der Waals surface area contributed by atoms with Crippen molar-refractivity contribution in [2.24, 2.45) is 11.8 Å². The van der Waals surface area contributed by atoms with Gasteiger partial charge in [-0.15, -0.1) is 0 Å². The Kier molecular flexibility index (Phi) is 11.8. The number of alkyl halides is 3. The van der Waals surface area contributed by atoms with E-state index < -0.39 is 29.1 Å². The van der Waals surface area contributed by atoms with Crippen molar-refractivity contribution < 1.29 is 31.9 Å². The maximum atomic E-state index is 14.5. The van der Waals surface area contributed by atoms with Crippen LogP contribution in [-0.2, 0) is 17.5 Å². The SMILES string of the molecule is Cc1cc(Oc2c(C(F)(F)F)oc3c(CN(CC(C)C)CC(C)C)c(OC(=O)C=Cc4ccc(C(C)C)cc4)ccc3c2=O)ccc1Cl. The summed E-state index contributed by atoms with van der Waals surface area (Å²) in [5, 5.41) is 0.246. The first kappa shape index (κ1) is 36.8. The maximum absolute atomic E-state index is 14.5. The van der Waals surface area contributed by atoms with Gasteiger partial charge in [0, 0.05) is 30.7 Å². The summed E-state index contributed by atoms with van der Waals surface area (Å²) in [6.07, 6.45) is -2.24. The number of rotatable bonds is 12. The molecule has 0 aliphatic carbocycles. The molecule has 0 unspecified atom stereocenters. The van der Waals surface area contributed by atoms with Gasteiger partial charge in [0.05, 0.1) is 10.9 Å². The van der Waals surface area contributed by atoms with Crippen LogP contribution < -0.4 is 14.9 Å². The van der Waals surface area contributed by atoms with Crippen LogP contribution in [-0.4, -0.2) is 24.0 Å². The molecule has 1 heterocycles. The van der Waals surface area contributed by atoms with Gasteiger partial charge in [0.1, 0.15) is 17.1 Å². The monoisotopic (exact) mass is 683 g/mol. The molecule has 0 amide bonds. The Morgan fingerprint density at radius 3 is 2.17 bits per heavy atom. The molecule has 0 aliphatic rings. The number of carbonyl (C=O) groups excluding carboxylic acids is 1. The molecule has 4 rings (SSSR count). The van der Waals surface area contributed by atoms with Crippen molar-refractivity contribution in [2.45, 2.75) is 67.1 Å². The second-order valence-corrected chi connectivity index (χ2v) is 13.5. The molecule has 0 spiro atoms. The van der Waals surface area contributed by atoms with E-state index >= 15 is 0 Å². The molecular weight excluding hydrogens is 643 g/mol. The van der Waals surface area contributed by atoms with Gasteiger partial charge in [-0.3, -0.25) is 9.69 Å². The van der Waals surface area contributed by atoms with Gasteiger partial charge >= 0.3 is 12.1 Å². The second kappa shape index (κ2) is 15.4. The summed E-state index contributed by atoms with van der Waals surface area (Å²) in [6, 6.07) is 14.7. The molecule has 0 radical (unpaired) electrons. The predicted molar refractivity (Wildman–Crippen MR) is 184 cm³/mol. The third-order valence-corrected chi connectivity index (χ3v) is 7.96. The average molecular weight is 684 g/mol. The van der Waals surface area contributed by atoms with Crippen LogP contribution in [0, 0.1) is 18.8 Å². The minimum atomic E-state index is -5.09. The molecular formula is C38H41ClF3NO5. The van der Waals surface area contributed by atoms with Crippen LogP contribution in [0.4, 0.5) is 13.2 Å². The number of esters is 1. The lowest BCUT2D eigenvalue weighted by atomic mass is 10.0. The molecule has 0 saturated heterocycles. The molecule has 0 fully saturated rings. The van der Waals surface area contributed by atoms with E-state index in [4.69, 9.17) is 25.5 Å². The van der Waals surface area contributed by atoms with Crippen molar-refractivity contribution in [3.05, 3.63) is 104 Å². The van der Waals surface area contributed by atoms with E-state index in [1.54, 1.807) is 13.0 Å². The second-order valence-electron chi connectivity index (χ2n) is 13.1. The Morgan fingerprint density at radius 1 is 0.958 bits per heavy atom. The number of fused-ring (bicyclic) bond motifs is 1. The summed E-state index contributed by atoms with van der Waals surface area (Å²) in [5.41, 5.74) is 1.29. The van der Waals surface area contributed by atoms with E-state index in [1.807, 2.05) is 56.9 Å². The highest BCUT2D eigenvalue weighted by atomic mass is 35.5. The number of carbonyl (C=O) groups is 1. The van der Waals surface area contributed by atoms with Gasteiger partial charge in [-0.2, -0.15) is 13.2 Å². The lowest BCUT2D eigenvalue weighted by Gasteiger charge is -2.27. The summed E-state index contributed by atoms with van der Waals surface area (Å²) >= 11 is 6.08. The van der Waals surface area contributed by atoms with Crippen molar-refractivity contribution in [2.75, 3.05) is 13.1 Å². The quantitative estimate of drug-likeness (QED) is 0.0841. The zero-order valence-corrected chi connectivity index (χ0v) is 29.0. The maximum Gasteiger partial charge on any atom is 0.453 e. The molecule has 0 aliphatic heterocycles. The van der Waals surface area contributed by atoms with Gasteiger partial charge in [0.15, 0.2) is 0 Å². The van der Waals surface area contributed by atoms with Gasteiger partial charge in [0.2, 0.25) is 11.2 Å². The number of nitrogens with zero attached hydrogens (tertiary/aromatic N) is 1. The molecule has 1 aromatic heterocycles. The highest BCUT2D eigenvalue weighted by Gasteiger charge is 2.41. The fraction of sp³-hybridized carbons (Fsp3) is 0.368. The molecule has 0 N–H and O–H groups in total. The van der Waals surface area contributed by atoms with E-state index in [1.165, 1.54) is 36.4 Å². The first-order valence-electron chi connectivity index (χ1n) is 15.9. The summed E-state index contributed by atoms with van der Waals surface area (Å²) < 4.78 is 60.5. The third-order valence-electron chi connectivity index (χ3n) is 7.54. The average Bonchev–Trinajstić information content (AvgIpc) is 2.99. The Labute approximate surface area is 284 Å². The minimum absolute atomic E-state index is 0.00880. The number of hydrogen-bond donors (Lipinski definition) is 0. The van der Waals surface area contributed by atoms with E-state index in [-0.39, 0.29) is 46.4 Å². The summed E-state index contributed by atoms with van der Waals surface area (Å²) in [4.78, 5) is 28.9. The van der Waals surface area contributed by atoms with E-state index in [0.717, 1.165) is 11.1 Å². The Bertz CT molecular complexity index is 1830. The van der Waals surface area contributed by atoms with Crippen molar-refractivity contribution >= 4 is 34.6 Å². The first-order chi connectivity index (χ1) is 22.5. The standard InChI is InChI=1S/C38H41ClF3NO5/c1-22(2)19-43(20-23(3)4)21-30-32(47-33(44)17-10-26-8-11-27(12-9-26)24(5)6)16-14-29-34(45)36(37(38(40,41)42)48-35(29)30)46-28-13-15-31(39)25(7)18-28/h8-18,22-24H,19-21H2,1-7H3. The molecule has 0 atom stereocenters. The molecule has 0 bridgehead atoms. The molecule has 48 heavy (non-hydrogen) atoms. The molecule has 10 heteroatoms. The predicted octanol–water partition coefficient (Wildman–Crippen LogP) is 10.4. The van der Waals surface area contributed by atoms with Gasteiger partial charge < -0.3 is 13.9 Å². The van der Waals surface area contributed by atoms with Crippen LogP contribution >= 0.6 is 11.6 Å². The normalized spacial score (nSPS) is 12.3.